The molecule has 4 nitrogen and oxygen atoms in total. The highest BCUT2D eigenvalue weighted by atomic mass is 19.1. The summed E-state index contributed by atoms with van der Waals surface area (Å²) in [6, 6.07) is 11.7. The Morgan fingerprint density at radius 2 is 2.13 bits per heavy atom. The molecule has 1 aliphatic rings. The van der Waals surface area contributed by atoms with Crippen LogP contribution in [0.4, 0.5) is 15.8 Å². The first-order chi connectivity index (χ1) is 11.1. The van der Waals surface area contributed by atoms with E-state index in [2.05, 4.69) is 10.6 Å². The number of hydrogen-bond acceptors (Lipinski definition) is 2. The number of anilines is 2. The lowest BCUT2D eigenvalue weighted by atomic mass is 9.89. The van der Waals surface area contributed by atoms with Crippen molar-refractivity contribution >= 4 is 23.2 Å². The van der Waals surface area contributed by atoms with Crippen LogP contribution in [-0.2, 0) is 16.0 Å². The predicted octanol–water partition coefficient (Wildman–Crippen LogP) is 3.45. The second-order valence-electron chi connectivity index (χ2n) is 5.58. The number of carbonyl (C=O) groups excluding carboxylic acids is 2. The number of carbonyl (C=O) groups is 2. The van der Waals surface area contributed by atoms with E-state index in [1.54, 1.807) is 6.07 Å². The largest absolute Gasteiger partial charge is 0.326 e. The summed E-state index contributed by atoms with van der Waals surface area (Å²) in [5.41, 5.74) is 2.81. The first kappa shape index (κ1) is 15.2. The molecular weight excluding hydrogens is 295 g/mol. The minimum atomic E-state index is -0.621. The maximum atomic E-state index is 13.3. The number of nitrogens with one attached hydrogen (secondary N) is 2. The number of benzene rings is 2. The van der Waals surface area contributed by atoms with E-state index < -0.39 is 11.7 Å². The summed E-state index contributed by atoms with van der Waals surface area (Å²) >= 11 is 0. The molecule has 2 N–H and O–H groups in total. The van der Waals surface area contributed by atoms with Crippen LogP contribution < -0.4 is 10.6 Å². The lowest BCUT2D eigenvalue weighted by Gasteiger charge is -2.25. The summed E-state index contributed by atoms with van der Waals surface area (Å²) in [4.78, 5) is 24.4. The maximum absolute atomic E-state index is 13.3. The molecule has 3 rings (SSSR count). The predicted molar refractivity (Wildman–Crippen MR) is 86.8 cm³/mol. The van der Waals surface area contributed by atoms with Crippen LogP contribution in [0.3, 0.4) is 0 Å². The smallest absolute Gasteiger partial charge is 0.232 e. The number of aryl methyl sites for hydroxylation is 1. The van der Waals surface area contributed by atoms with E-state index in [0.717, 1.165) is 12.0 Å². The highest BCUT2D eigenvalue weighted by molar-refractivity contribution is 6.05. The topological polar surface area (TPSA) is 58.2 Å². The third kappa shape index (κ3) is 3.23. The first-order valence-electron chi connectivity index (χ1n) is 7.56. The Morgan fingerprint density at radius 3 is 2.91 bits per heavy atom. The van der Waals surface area contributed by atoms with Crippen molar-refractivity contribution in [3.63, 3.8) is 0 Å². The van der Waals surface area contributed by atoms with Crippen molar-refractivity contribution in [3.8, 4) is 0 Å². The Hall–Kier alpha value is -2.69. The highest BCUT2D eigenvalue weighted by Crippen LogP contribution is 2.33. The molecule has 0 radical (unpaired) electrons. The second kappa shape index (κ2) is 6.20. The van der Waals surface area contributed by atoms with Crippen LogP contribution in [0.1, 0.15) is 30.4 Å². The molecule has 0 fully saturated rings. The van der Waals surface area contributed by atoms with Gasteiger partial charge in [-0.2, -0.15) is 0 Å². The van der Waals surface area contributed by atoms with Gasteiger partial charge in [0.05, 0.1) is 5.92 Å². The molecule has 23 heavy (non-hydrogen) atoms. The van der Waals surface area contributed by atoms with Gasteiger partial charge in [0, 0.05) is 17.8 Å². The first-order valence-corrected chi connectivity index (χ1v) is 7.56. The van der Waals surface area contributed by atoms with E-state index >= 15 is 0 Å². The van der Waals surface area contributed by atoms with Gasteiger partial charge in [0.15, 0.2) is 0 Å². The SMILES string of the molecule is CCc1cccc(NC(=O)[C@H]2CC(=O)Nc3cc(F)ccc32)c1. The Balaban J connectivity index is 1.86. The molecule has 1 heterocycles. The molecule has 0 aliphatic carbocycles. The fourth-order valence-corrected chi connectivity index (χ4v) is 2.77. The van der Waals surface area contributed by atoms with Gasteiger partial charge >= 0.3 is 0 Å². The maximum Gasteiger partial charge on any atom is 0.232 e. The quantitative estimate of drug-likeness (QED) is 0.912. The van der Waals surface area contributed by atoms with Crippen LogP contribution in [0.5, 0.6) is 0 Å². The molecule has 0 bridgehead atoms. The van der Waals surface area contributed by atoms with E-state index in [9.17, 15) is 14.0 Å². The molecule has 0 spiro atoms. The summed E-state index contributed by atoms with van der Waals surface area (Å²) in [7, 11) is 0. The van der Waals surface area contributed by atoms with Gasteiger partial charge in [-0.25, -0.2) is 4.39 Å². The molecule has 2 amide bonds. The minimum Gasteiger partial charge on any atom is -0.326 e. The van der Waals surface area contributed by atoms with E-state index in [4.69, 9.17) is 0 Å². The molecule has 5 heteroatoms. The zero-order valence-corrected chi connectivity index (χ0v) is 12.7. The normalized spacial score (nSPS) is 16.4. The monoisotopic (exact) mass is 312 g/mol. The van der Waals surface area contributed by atoms with Crippen LogP contribution in [0.15, 0.2) is 42.5 Å². The third-order valence-corrected chi connectivity index (χ3v) is 3.97. The fraction of sp³-hybridized carbons (Fsp3) is 0.222. The summed E-state index contributed by atoms with van der Waals surface area (Å²) in [5.74, 6) is -1.61. The summed E-state index contributed by atoms with van der Waals surface area (Å²) < 4.78 is 13.3. The third-order valence-electron chi connectivity index (χ3n) is 3.97. The van der Waals surface area contributed by atoms with Crippen LogP contribution in [0.25, 0.3) is 0 Å². The second-order valence-corrected chi connectivity index (χ2v) is 5.58. The minimum absolute atomic E-state index is 0.0535. The molecule has 2 aromatic rings. The van der Waals surface area contributed by atoms with Gasteiger partial charge in [0.25, 0.3) is 0 Å². The number of rotatable bonds is 3. The van der Waals surface area contributed by atoms with Gasteiger partial charge in [-0.3, -0.25) is 9.59 Å². The zero-order valence-electron chi connectivity index (χ0n) is 12.7. The van der Waals surface area contributed by atoms with E-state index in [0.29, 0.717) is 16.9 Å². The van der Waals surface area contributed by atoms with Crippen molar-refractivity contribution in [1.29, 1.82) is 0 Å². The van der Waals surface area contributed by atoms with Crippen LogP contribution in [-0.4, -0.2) is 11.8 Å². The number of amides is 2. The van der Waals surface area contributed by atoms with Gasteiger partial charge in [0.2, 0.25) is 11.8 Å². The molecule has 0 unspecified atom stereocenters. The van der Waals surface area contributed by atoms with Gasteiger partial charge < -0.3 is 10.6 Å². The highest BCUT2D eigenvalue weighted by Gasteiger charge is 2.31. The number of halogens is 1. The molecule has 0 saturated heterocycles. The van der Waals surface area contributed by atoms with Crippen molar-refractivity contribution in [3.05, 3.63) is 59.4 Å². The van der Waals surface area contributed by atoms with Crippen LogP contribution in [0, 0.1) is 5.82 Å². The molecule has 0 saturated carbocycles. The summed E-state index contributed by atoms with van der Waals surface area (Å²) in [6.07, 6.45) is 0.926. The zero-order chi connectivity index (χ0) is 16.4. The van der Waals surface area contributed by atoms with Crippen LogP contribution >= 0.6 is 0 Å². The Labute approximate surface area is 133 Å². The van der Waals surface area contributed by atoms with Gasteiger partial charge in [0.1, 0.15) is 5.82 Å². The van der Waals surface area contributed by atoms with Crippen molar-refractivity contribution in [2.45, 2.75) is 25.7 Å². The molecule has 1 atom stereocenters. The summed E-state index contributed by atoms with van der Waals surface area (Å²) in [5, 5.41) is 5.46. The van der Waals surface area contributed by atoms with E-state index in [1.165, 1.54) is 12.1 Å². The number of fused-ring (bicyclic) bond motifs is 1. The average Bonchev–Trinajstić information content (AvgIpc) is 2.53. The molecule has 0 aromatic heterocycles. The van der Waals surface area contributed by atoms with Crippen molar-refractivity contribution < 1.29 is 14.0 Å². The Morgan fingerprint density at radius 1 is 1.30 bits per heavy atom. The van der Waals surface area contributed by atoms with Crippen molar-refractivity contribution in [1.82, 2.24) is 0 Å². The molecule has 2 aromatic carbocycles. The van der Waals surface area contributed by atoms with E-state index in [-0.39, 0.29) is 18.2 Å². The van der Waals surface area contributed by atoms with Crippen LogP contribution in [0.2, 0.25) is 0 Å². The summed E-state index contributed by atoms with van der Waals surface area (Å²) in [6.45, 7) is 2.04. The van der Waals surface area contributed by atoms with Gasteiger partial charge in [-0.15, -0.1) is 0 Å². The standard InChI is InChI=1S/C18H17FN2O2/c1-2-11-4-3-5-13(8-11)20-18(23)15-10-17(22)21-16-9-12(19)6-7-14(15)16/h3-9,15H,2,10H2,1H3,(H,20,23)(H,21,22)/t15-/m0/s1. The van der Waals surface area contributed by atoms with Crippen molar-refractivity contribution in [2.75, 3.05) is 10.6 Å². The molecule has 118 valence electrons. The average molecular weight is 312 g/mol. The lowest BCUT2D eigenvalue weighted by Crippen LogP contribution is -2.30. The molecule has 1 aliphatic heterocycles. The van der Waals surface area contributed by atoms with Gasteiger partial charge in [-0.1, -0.05) is 25.1 Å². The van der Waals surface area contributed by atoms with Crippen molar-refractivity contribution in [2.24, 2.45) is 0 Å². The Bertz CT molecular complexity index is 773. The molecular formula is C18H17FN2O2. The van der Waals surface area contributed by atoms with Gasteiger partial charge in [-0.05, 0) is 41.8 Å². The Kier molecular flexibility index (Phi) is 4.10. The number of hydrogen-bond donors (Lipinski definition) is 2. The lowest BCUT2D eigenvalue weighted by molar-refractivity contribution is -0.123. The van der Waals surface area contributed by atoms with E-state index in [1.807, 2.05) is 31.2 Å². The fourth-order valence-electron chi connectivity index (χ4n) is 2.77.